The van der Waals surface area contributed by atoms with Crippen LogP contribution in [0.3, 0.4) is 0 Å². The maximum atomic E-state index is 11.4. The summed E-state index contributed by atoms with van der Waals surface area (Å²) in [6.45, 7) is 2.71. The van der Waals surface area contributed by atoms with Gasteiger partial charge in [0.25, 0.3) is 0 Å². The van der Waals surface area contributed by atoms with E-state index in [1.165, 1.54) is 28.1 Å². The number of methoxy groups -OCH3 is 2. The van der Waals surface area contributed by atoms with E-state index in [0.717, 1.165) is 11.1 Å². The number of esters is 2. The fourth-order valence-electron chi connectivity index (χ4n) is 2.59. The summed E-state index contributed by atoms with van der Waals surface area (Å²) >= 11 is 0. The van der Waals surface area contributed by atoms with E-state index in [1.807, 2.05) is 60.7 Å². The Morgan fingerprint density at radius 2 is 1.44 bits per heavy atom. The molecule has 2 aromatic carbocycles. The molecule has 172 valence electrons. The van der Waals surface area contributed by atoms with Crippen molar-refractivity contribution in [3.8, 4) is 0 Å². The van der Waals surface area contributed by atoms with Crippen molar-refractivity contribution in [2.75, 3.05) is 14.2 Å². The Labute approximate surface area is 189 Å². The van der Waals surface area contributed by atoms with Gasteiger partial charge in [0.15, 0.2) is 0 Å². The van der Waals surface area contributed by atoms with Crippen molar-refractivity contribution < 1.29 is 30.1 Å². The molecule has 2 aromatic rings. The van der Waals surface area contributed by atoms with Crippen LogP contribution in [-0.4, -0.2) is 44.0 Å². The second-order valence-corrected chi connectivity index (χ2v) is 6.61. The van der Waals surface area contributed by atoms with E-state index < -0.39 is 18.0 Å². The van der Waals surface area contributed by atoms with Crippen LogP contribution in [-0.2, 0) is 35.1 Å². The minimum Gasteiger partial charge on any atom is -0.467 e. The molecule has 0 aliphatic rings. The number of rotatable bonds is 7. The number of hydrogen-bond acceptors (Lipinski definition) is 6. The van der Waals surface area contributed by atoms with Crippen LogP contribution in [0.25, 0.3) is 6.08 Å². The topological polar surface area (TPSA) is 111 Å². The summed E-state index contributed by atoms with van der Waals surface area (Å²) in [6.07, 6.45) is 2.00. The number of amides is 2. The number of ether oxygens (including phenoxy) is 2. The van der Waals surface area contributed by atoms with Gasteiger partial charge in [-0.05, 0) is 17.2 Å². The van der Waals surface area contributed by atoms with Crippen LogP contribution in [0.15, 0.2) is 66.4 Å². The molecule has 0 radical (unpaired) electrons. The molecule has 0 fully saturated rings. The van der Waals surface area contributed by atoms with E-state index in [4.69, 9.17) is 0 Å². The van der Waals surface area contributed by atoms with Gasteiger partial charge < -0.3 is 20.1 Å². The van der Waals surface area contributed by atoms with Gasteiger partial charge in [-0.25, -0.2) is 9.59 Å². The minimum absolute atomic E-state index is 0. The Morgan fingerprint density at radius 3 is 1.91 bits per heavy atom. The fraction of sp³-hybridized carbons (Fsp3) is 0.250. The van der Waals surface area contributed by atoms with Gasteiger partial charge in [-0.15, -0.1) is 0 Å². The summed E-state index contributed by atoms with van der Waals surface area (Å²) in [5, 5.41) is 4.99. The van der Waals surface area contributed by atoms with Crippen molar-refractivity contribution in [1.82, 2.24) is 10.6 Å². The number of carbonyl (C=O) groups is 4. The molecule has 8 heteroatoms. The zero-order valence-electron chi connectivity index (χ0n) is 18.6. The van der Waals surface area contributed by atoms with Crippen LogP contribution in [0.1, 0.15) is 26.4 Å². The molecule has 1 unspecified atom stereocenters. The first-order valence-electron chi connectivity index (χ1n) is 9.78. The first-order valence-corrected chi connectivity index (χ1v) is 9.78. The molecule has 8 nitrogen and oxygen atoms in total. The summed E-state index contributed by atoms with van der Waals surface area (Å²) in [7, 11) is 2.57. The maximum Gasteiger partial charge on any atom is 0.354 e. The lowest BCUT2D eigenvalue weighted by molar-refractivity contribution is -0.144. The molecular formula is C24H30N2O6. The Balaban J connectivity index is 0.000000602. The standard InChI is InChI=1S/C12H15NO3.C12H13NO3.H2/c2*1-9(14)13-11(12(15)16-2)8-10-6-4-3-5-7-10;/h3-7,11H,8H2,1-2H3,(H,13,14);3-8H,1-2H3,(H,13,14);1H/b;11-8-;. The van der Waals surface area contributed by atoms with E-state index in [9.17, 15) is 19.2 Å². The van der Waals surface area contributed by atoms with Gasteiger partial charge in [-0.3, -0.25) is 9.59 Å². The van der Waals surface area contributed by atoms with Gasteiger partial charge in [0.05, 0.1) is 14.2 Å². The fourth-order valence-corrected chi connectivity index (χ4v) is 2.59. The summed E-state index contributed by atoms with van der Waals surface area (Å²) in [5.41, 5.74) is 1.92. The second kappa shape index (κ2) is 14.1. The third kappa shape index (κ3) is 10.2. The van der Waals surface area contributed by atoms with E-state index in [0.29, 0.717) is 6.42 Å². The van der Waals surface area contributed by atoms with E-state index in [1.54, 1.807) is 6.08 Å². The first-order chi connectivity index (χ1) is 15.3. The summed E-state index contributed by atoms with van der Waals surface area (Å²) < 4.78 is 9.20. The quantitative estimate of drug-likeness (QED) is 0.504. The lowest BCUT2D eigenvalue weighted by atomic mass is 10.1. The van der Waals surface area contributed by atoms with E-state index in [2.05, 4.69) is 20.1 Å². The van der Waals surface area contributed by atoms with Crippen molar-refractivity contribution in [3.05, 3.63) is 77.5 Å². The smallest absolute Gasteiger partial charge is 0.354 e. The molecule has 0 bridgehead atoms. The SMILES string of the molecule is COC(=O)/C(=C/c1ccccc1)NC(C)=O.COC(=O)C(Cc1ccccc1)NC(C)=O.[HH]. The van der Waals surface area contributed by atoms with Crippen molar-refractivity contribution in [2.45, 2.75) is 26.3 Å². The lowest BCUT2D eigenvalue weighted by Crippen LogP contribution is -2.41. The molecule has 0 saturated heterocycles. The predicted octanol–water partition coefficient (Wildman–Crippen LogP) is 2.49. The van der Waals surface area contributed by atoms with Gasteiger partial charge in [-0.2, -0.15) is 0 Å². The number of hydrogen-bond donors (Lipinski definition) is 2. The molecule has 0 aromatic heterocycles. The average Bonchev–Trinajstić information content (AvgIpc) is 2.78. The van der Waals surface area contributed by atoms with Gasteiger partial charge in [-0.1, -0.05) is 60.7 Å². The van der Waals surface area contributed by atoms with Gasteiger partial charge in [0.1, 0.15) is 11.7 Å². The summed E-state index contributed by atoms with van der Waals surface area (Å²) in [6, 6.07) is 18.1. The van der Waals surface area contributed by atoms with Crippen LogP contribution in [0.4, 0.5) is 0 Å². The molecule has 2 N–H and O–H groups in total. The van der Waals surface area contributed by atoms with E-state index >= 15 is 0 Å². The highest BCUT2D eigenvalue weighted by Gasteiger charge is 2.20. The second-order valence-electron chi connectivity index (χ2n) is 6.61. The highest BCUT2D eigenvalue weighted by Crippen LogP contribution is 2.06. The average molecular weight is 443 g/mol. The summed E-state index contributed by atoms with van der Waals surface area (Å²) in [4.78, 5) is 44.6. The summed E-state index contributed by atoms with van der Waals surface area (Å²) in [5.74, 6) is -1.56. The van der Waals surface area contributed by atoms with Crippen LogP contribution in [0, 0.1) is 0 Å². The normalized spacial score (nSPS) is 11.2. The number of carbonyl (C=O) groups excluding carboxylic acids is 4. The van der Waals surface area contributed by atoms with Gasteiger partial charge in [0.2, 0.25) is 11.8 Å². The monoisotopic (exact) mass is 442 g/mol. The zero-order chi connectivity index (χ0) is 23.9. The molecule has 0 heterocycles. The Bertz CT molecular complexity index is 932. The lowest BCUT2D eigenvalue weighted by Gasteiger charge is -2.15. The Hall–Kier alpha value is -3.94. The van der Waals surface area contributed by atoms with Crippen molar-refractivity contribution in [3.63, 3.8) is 0 Å². The molecule has 2 amide bonds. The van der Waals surface area contributed by atoms with Gasteiger partial charge in [0, 0.05) is 21.7 Å². The predicted molar refractivity (Wildman–Crippen MR) is 122 cm³/mol. The third-order valence-corrected chi connectivity index (χ3v) is 3.97. The molecule has 2 rings (SSSR count). The molecule has 1 atom stereocenters. The van der Waals surface area contributed by atoms with Crippen molar-refractivity contribution in [1.29, 1.82) is 0 Å². The molecule has 0 aliphatic carbocycles. The highest BCUT2D eigenvalue weighted by molar-refractivity contribution is 5.97. The molecular weight excluding hydrogens is 412 g/mol. The van der Waals surface area contributed by atoms with Crippen LogP contribution >= 0.6 is 0 Å². The highest BCUT2D eigenvalue weighted by atomic mass is 16.5. The molecule has 32 heavy (non-hydrogen) atoms. The third-order valence-electron chi connectivity index (χ3n) is 3.97. The Kier molecular flexibility index (Phi) is 11.5. The molecule has 0 saturated carbocycles. The number of benzene rings is 2. The zero-order valence-corrected chi connectivity index (χ0v) is 18.6. The van der Waals surface area contributed by atoms with Gasteiger partial charge >= 0.3 is 11.9 Å². The van der Waals surface area contributed by atoms with Crippen LogP contribution in [0.5, 0.6) is 0 Å². The van der Waals surface area contributed by atoms with Crippen molar-refractivity contribution in [2.24, 2.45) is 0 Å². The number of nitrogens with one attached hydrogen (secondary N) is 2. The largest absolute Gasteiger partial charge is 0.467 e. The van der Waals surface area contributed by atoms with Crippen molar-refractivity contribution >= 4 is 29.8 Å². The van der Waals surface area contributed by atoms with E-state index in [-0.39, 0.29) is 18.9 Å². The van der Waals surface area contributed by atoms with Crippen LogP contribution < -0.4 is 10.6 Å². The molecule has 0 spiro atoms. The van der Waals surface area contributed by atoms with Crippen LogP contribution in [0.2, 0.25) is 0 Å². The minimum atomic E-state index is -0.620. The first kappa shape index (κ1) is 26.1. The Morgan fingerprint density at radius 1 is 0.875 bits per heavy atom. The maximum absolute atomic E-state index is 11.4. The molecule has 0 aliphatic heterocycles.